The molecular formula is H6CuN4O6. The monoisotopic (exact) mass is 221 g/mol. The predicted molar refractivity (Wildman–Crippen MR) is 28.1 cm³/mol. The molecule has 0 atom stereocenters. The summed E-state index contributed by atoms with van der Waals surface area (Å²) < 4.78 is 0. The van der Waals surface area contributed by atoms with Gasteiger partial charge in [0.2, 0.25) is 0 Å². The van der Waals surface area contributed by atoms with Gasteiger partial charge in [-0.3, -0.25) is 0 Å². The Labute approximate surface area is 71.0 Å². The molecule has 0 saturated heterocycles. The first kappa shape index (κ1) is 32.8. The van der Waals surface area contributed by atoms with Gasteiger partial charge in [-0.05, 0) is 0 Å². The van der Waals surface area contributed by atoms with Crippen molar-refractivity contribution in [2.45, 2.75) is 0 Å². The number of hydrogen-bond donors (Lipinski definition) is 2. The van der Waals surface area contributed by atoms with E-state index in [0.717, 1.165) is 0 Å². The van der Waals surface area contributed by atoms with Gasteiger partial charge in [-0.15, -0.1) is 20.2 Å². The van der Waals surface area contributed by atoms with Gasteiger partial charge < -0.3 is 22.7 Å². The van der Waals surface area contributed by atoms with Crippen LogP contribution in [0.15, 0.2) is 0 Å². The minimum atomic E-state index is -1.50. The zero-order valence-electron chi connectivity index (χ0n) is 4.88. The van der Waals surface area contributed by atoms with Crippen LogP contribution < -0.4 is 0 Å². The molecule has 10 nitrogen and oxygen atoms in total. The van der Waals surface area contributed by atoms with Gasteiger partial charge in [0.15, 0.2) is 0 Å². The first-order valence-electron chi connectivity index (χ1n) is 1.13. The van der Waals surface area contributed by atoms with Gasteiger partial charge in [-0.2, -0.15) is 0 Å². The third kappa shape index (κ3) is 307. The fourth-order valence-electron chi connectivity index (χ4n) is 0. The smallest absolute Gasteiger partial charge is 0.693 e. The van der Waals surface area contributed by atoms with Crippen molar-refractivity contribution in [2.24, 2.45) is 0 Å². The Bertz CT molecular complexity index is 72.6. The van der Waals surface area contributed by atoms with Crippen molar-refractivity contribution in [3.05, 3.63) is 32.5 Å². The summed E-state index contributed by atoms with van der Waals surface area (Å²) in [5, 5.41) is 27.3. The summed E-state index contributed by atoms with van der Waals surface area (Å²) in [6, 6.07) is 0. The zero-order valence-corrected chi connectivity index (χ0v) is 5.82. The van der Waals surface area contributed by atoms with Crippen LogP contribution in [0.1, 0.15) is 0 Å². The second-order valence-electron chi connectivity index (χ2n) is 0.476. The van der Waals surface area contributed by atoms with Gasteiger partial charge in [0.1, 0.15) is 0 Å². The molecule has 0 aliphatic rings. The van der Waals surface area contributed by atoms with Crippen molar-refractivity contribution in [1.82, 2.24) is 0 Å². The number of nitrogens with two attached hydrogens (primary N) is 2. The molecule has 0 amide bonds. The molecule has 11 heteroatoms. The summed E-state index contributed by atoms with van der Waals surface area (Å²) in [6.45, 7) is 0. The van der Waals surface area contributed by atoms with Crippen LogP contribution in [-0.4, -0.2) is 20.6 Å². The molecule has 0 aromatic carbocycles. The molecular weight excluding hydrogens is 216 g/mol. The summed E-state index contributed by atoms with van der Waals surface area (Å²) in [4.78, 5) is 16.7. The van der Waals surface area contributed by atoms with Gasteiger partial charge in [-0.25, -0.2) is 0 Å². The van der Waals surface area contributed by atoms with Crippen LogP contribution in [0, 0.1) is 20.2 Å². The van der Waals surface area contributed by atoms with Crippen LogP contribution in [0.4, 0.5) is 0 Å². The van der Waals surface area contributed by atoms with E-state index in [1.165, 1.54) is 0 Å². The Morgan fingerprint density at radius 3 is 0.909 bits per heavy atom. The van der Waals surface area contributed by atoms with Crippen molar-refractivity contribution >= 4 is 0 Å². The second-order valence-corrected chi connectivity index (χ2v) is 0.476. The van der Waals surface area contributed by atoms with E-state index in [2.05, 4.69) is 0 Å². The Balaban J connectivity index is -0.0000000171. The van der Waals surface area contributed by atoms with Crippen LogP contribution in [0.25, 0.3) is 12.3 Å². The summed E-state index contributed by atoms with van der Waals surface area (Å²) in [5.74, 6) is 0. The van der Waals surface area contributed by atoms with E-state index in [1.807, 2.05) is 0 Å². The molecule has 0 aliphatic carbocycles. The van der Waals surface area contributed by atoms with E-state index in [0.29, 0.717) is 0 Å². The van der Waals surface area contributed by atoms with E-state index in [-0.39, 0.29) is 29.4 Å². The molecule has 0 heterocycles. The molecule has 0 aromatic rings. The zero-order chi connectivity index (χ0) is 7.15. The van der Waals surface area contributed by atoms with Gasteiger partial charge >= 0.3 is 17.1 Å². The van der Waals surface area contributed by atoms with Crippen LogP contribution >= 0.6 is 0 Å². The molecule has 0 bridgehead atoms. The predicted octanol–water partition coefficient (Wildman–Crippen LogP) is 0.736. The average Bonchev–Trinajstić information content (AvgIpc) is 1.25. The fraction of sp³-hybridized carbons (Fsp3) is 0. The number of rotatable bonds is 0. The quantitative estimate of drug-likeness (QED) is 0.343. The van der Waals surface area contributed by atoms with Crippen LogP contribution in [0.2, 0.25) is 0 Å². The average molecular weight is 222 g/mol. The summed E-state index contributed by atoms with van der Waals surface area (Å²) in [6.07, 6.45) is 0. The van der Waals surface area contributed by atoms with E-state index < -0.39 is 10.2 Å². The Hall–Kier alpha value is -1.16. The maximum Gasteiger partial charge on any atom is 2.00 e. The van der Waals surface area contributed by atoms with E-state index in [4.69, 9.17) is 30.6 Å². The molecule has 11 heavy (non-hydrogen) atoms. The molecule has 0 aromatic heterocycles. The maximum atomic E-state index is 8.36. The molecule has 6 N–H and O–H groups in total. The van der Waals surface area contributed by atoms with E-state index in [9.17, 15) is 0 Å². The minimum absolute atomic E-state index is 0. The summed E-state index contributed by atoms with van der Waals surface area (Å²) in [5.41, 5.74) is 0. The van der Waals surface area contributed by atoms with Crippen LogP contribution in [0.5, 0.6) is 0 Å². The van der Waals surface area contributed by atoms with Gasteiger partial charge in [0, 0.05) is 0 Å². The second kappa shape index (κ2) is 23.2. The summed E-state index contributed by atoms with van der Waals surface area (Å²) in [7, 11) is 0. The third-order valence-corrected chi connectivity index (χ3v) is 0. The van der Waals surface area contributed by atoms with Crippen molar-refractivity contribution < 1.29 is 37.7 Å². The first-order chi connectivity index (χ1) is 3.46. The topological polar surface area (TPSA) is 194 Å². The summed E-state index contributed by atoms with van der Waals surface area (Å²) >= 11 is 0. The Kier molecular flexibility index (Phi) is 69.2. The van der Waals surface area contributed by atoms with Gasteiger partial charge in [0.05, 0.1) is 0 Å². The Morgan fingerprint density at radius 2 is 0.909 bits per heavy atom. The molecule has 73 valence electrons. The fourth-order valence-corrected chi connectivity index (χ4v) is 0. The van der Waals surface area contributed by atoms with Crippen molar-refractivity contribution in [3.8, 4) is 0 Å². The first-order valence-corrected chi connectivity index (χ1v) is 1.13. The molecule has 0 saturated carbocycles. The molecule has 1 radical (unpaired) electrons. The number of hydrogen-bond acceptors (Lipinski definition) is 4. The van der Waals surface area contributed by atoms with Crippen molar-refractivity contribution in [2.75, 3.05) is 0 Å². The van der Waals surface area contributed by atoms with Crippen LogP contribution in [0.3, 0.4) is 0 Å². The molecule has 0 fully saturated rings. The van der Waals surface area contributed by atoms with Crippen molar-refractivity contribution in [1.29, 1.82) is 0 Å². The molecule has 0 spiro atoms. The largest absolute Gasteiger partial charge is 2.00 e. The van der Waals surface area contributed by atoms with Crippen LogP contribution in [-0.2, 0) is 17.1 Å². The van der Waals surface area contributed by atoms with Gasteiger partial charge in [0.25, 0.3) is 10.2 Å². The number of nitrogens with zero attached hydrogens (tertiary/aromatic N) is 2. The van der Waals surface area contributed by atoms with E-state index in [1.54, 1.807) is 0 Å². The Morgan fingerprint density at radius 1 is 0.909 bits per heavy atom. The third-order valence-electron chi connectivity index (χ3n) is 0. The normalized spacial score (nSPS) is 4.36. The SMILES string of the molecule is O=[N+]([O-])O.O=[N+]([O-])O.[Cu+2].[NH2-].[NH2-]. The standard InChI is InChI=1S/Cu.2HNO3.2H2N/c;2*2-1(3)4;;/h;2*(H,2,3,4);2*1H2/q+2;;;2*-1. The minimum Gasteiger partial charge on any atom is -0.693 e. The molecule has 0 rings (SSSR count). The molecule has 0 unspecified atom stereocenters. The van der Waals surface area contributed by atoms with Gasteiger partial charge in [-0.1, -0.05) is 0 Å². The molecule has 0 aliphatic heterocycles. The van der Waals surface area contributed by atoms with E-state index >= 15 is 0 Å². The maximum absolute atomic E-state index is 8.36. The van der Waals surface area contributed by atoms with Crippen molar-refractivity contribution in [3.63, 3.8) is 0 Å².